The number of carboxylic acid groups (broad SMARTS) is 1. The minimum Gasteiger partial charge on any atom is -0.478 e. The first-order chi connectivity index (χ1) is 9.49. The molecule has 0 bridgehead atoms. The molecule has 0 aliphatic carbocycles. The van der Waals surface area contributed by atoms with Crippen LogP contribution >= 0.6 is 0 Å². The van der Waals surface area contributed by atoms with Crippen LogP contribution in [0.1, 0.15) is 19.3 Å². The van der Waals surface area contributed by atoms with Gasteiger partial charge in [0.25, 0.3) is 5.69 Å². The zero-order chi connectivity index (χ0) is 14.7. The van der Waals surface area contributed by atoms with Crippen LogP contribution in [0.3, 0.4) is 0 Å². The van der Waals surface area contributed by atoms with Crippen molar-refractivity contribution >= 4 is 17.3 Å². The molecule has 1 aliphatic heterocycles. The molecule has 1 atom stereocenters. The van der Waals surface area contributed by atoms with Crippen LogP contribution in [0.15, 0.2) is 36.4 Å². The number of carbonyl (C=O) groups is 1. The number of carboxylic acids is 1. The lowest BCUT2D eigenvalue weighted by molar-refractivity contribution is -0.384. The Kier molecular flexibility index (Phi) is 4.02. The molecule has 1 aromatic rings. The molecule has 1 aliphatic rings. The standard InChI is InChI=1S/C14H16N2O4/c1-10(14(17)18)9-13-3-2-8-15(13)11-4-6-12(7-5-11)16(19)20/h4-7,13H,1-3,8-9H2,(H,17,18). The van der Waals surface area contributed by atoms with Crippen molar-refractivity contribution in [3.05, 3.63) is 46.5 Å². The fourth-order valence-corrected chi connectivity index (χ4v) is 2.53. The summed E-state index contributed by atoms with van der Waals surface area (Å²) in [4.78, 5) is 23.2. The minimum atomic E-state index is -0.972. The Balaban J connectivity index is 2.12. The minimum absolute atomic E-state index is 0.0550. The molecule has 1 heterocycles. The Morgan fingerprint density at radius 3 is 2.65 bits per heavy atom. The molecule has 0 spiro atoms. The van der Waals surface area contributed by atoms with Gasteiger partial charge in [0.2, 0.25) is 0 Å². The molecule has 0 aromatic heterocycles. The number of hydrogen-bond donors (Lipinski definition) is 1. The van der Waals surface area contributed by atoms with E-state index in [9.17, 15) is 14.9 Å². The molecule has 106 valence electrons. The molecule has 1 unspecified atom stereocenters. The highest BCUT2D eigenvalue weighted by molar-refractivity contribution is 5.85. The van der Waals surface area contributed by atoms with Gasteiger partial charge in [-0.2, -0.15) is 0 Å². The summed E-state index contributed by atoms with van der Waals surface area (Å²) in [6.45, 7) is 4.40. The third kappa shape index (κ3) is 2.96. The summed E-state index contributed by atoms with van der Waals surface area (Å²) in [5.74, 6) is -0.972. The topological polar surface area (TPSA) is 83.7 Å². The van der Waals surface area contributed by atoms with E-state index in [1.54, 1.807) is 12.1 Å². The third-order valence-corrected chi connectivity index (χ3v) is 3.55. The summed E-state index contributed by atoms with van der Waals surface area (Å²) in [5.41, 5.74) is 1.14. The van der Waals surface area contributed by atoms with E-state index in [1.807, 2.05) is 0 Å². The Morgan fingerprint density at radius 1 is 1.45 bits per heavy atom. The smallest absolute Gasteiger partial charge is 0.331 e. The van der Waals surface area contributed by atoms with Crippen LogP contribution in [-0.4, -0.2) is 28.6 Å². The van der Waals surface area contributed by atoms with Crippen LogP contribution in [0.4, 0.5) is 11.4 Å². The van der Waals surface area contributed by atoms with Gasteiger partial charge in [-0.05, 0) is 31.4 Å². The molecule has 1 aromatic carbocycles. The van der Waals surface area contributed by atoms with Gasteiger partial charge in [-0.15, -0.1) is 0 Å². The normalized spacial score (nSPS) is 18.0. The van der Waals surface area contributed by atoms with E-state index in [1.165, 1.54) is 12.1 Å². The summed E-state index contributed by atoms with van der Waals surface area (Å²) >= 11 is 0. The average molecular weight is 276 g/mol. The highest BCUT2D eigenvalue weighted by Crippen LogP contribution is 2.30. The summed E-state index contributed by atoms with van der Waals surface area (Å²) in [5, 5.41) is 19.5. The molecule has 6 heteroatoms. The van der Waals surface area contributed by atoms with Crippen molar-refractivity contribution in [2.24, 2.45) is 0 Å². The quantitative estimate of drug-likeness (QED) is 0.507. The Bertz CT molecular complexity index is 539. The molecule has 0 amide bonds. The Hall–Kier alpha value is -2.37. The van der Waals surface area contributed by atoms with Crippen LogP contribution in [0, 0.1) is 10.1 Å². The van der Waals surface area contributed by atoms with Gasteiger partial charge in [0.15, 0.2) is 0 Å². The van der Waals surface area contributed by atoms with Crippen LogP contribution in [0.2, 0.25) is 0 Å². The zero-order valence-corrected chi connectivity index (χ0v) is 11.0. The van der Waals surface area contributed by atoms with Crippen molar-refractivity contribution in [1.82, 2.24) is 0 Å². The van der Waals surface area contributed by atoms with Gasteiger partial charge in [-0.1, -0.05) is 6.58 Å². The van der Waals surface area contributed by atoms with Crippen molar-refractivity contribution in [3.8, 4) is 0 Å². The number of benzene rings is 1. The highest BCUT2D eigenvalue weighted by Gasteiger charge is 2.26. The second kappa shape index (κ2) is 5.73. The maximum atomic E-state index is 10.9. The molecule has 1 saturated heterocycles. The van der Waals surface area contributed by atoms with Crippen LogP contribution in [0.5, 0.6) is 0 Å². The molecular formula is C14H16N2O4. The van der Waals surface area contributed by atoms with Gasteiger partial charge < -0.3 is 10.0 Å². The Labute approximate surface area is 116 Å². The maximum absolute atomic E-state index is 10.9. The predicted molar refractivity (Wildman–Crippen MR) is 74.9 cm³/mol. The maximum Gasteiger partial charge on any atom is 0.331 e. The number of nitro benzene ring substituents is 1. The number of anilines is 1. The summed E-state index contributed by atoms with van der Waals surface area (Å²) < 4.78 is 0. The molecule has 0 radical (unpaired) electrons. The van der Waals surface area contributed by atoms with Crippen molar-refractivity contribution in [1.29, 1.82) is 0 Å². The van der Waals surface area contributed by atoms with Gasteiger partial charge in [-0.25, -0.2) is 4.79 Å². The number of rotatable bonds is 5. The summed E-state index contributed by atoms with van der Waals surface area (Å²) in [6.07, 6.45) is 2.30. The first kappa shape index (κ1) is 14.0. The number of hydrogen-bond acceptors (Lipinski definition) is 4. The van der Waals surface area contributed by atoms with Crippen LogP contribution in [-0.2, 0) is 4.79 Å². The number of non-ortho nitro benzene ring substituents is 1. The van der Waals surface area contributed by atoms with E-state index >= 15 is 0 Å². The number of nitrogens with zero attached hydrogens (tertiary/aromatic N) is 2. The first-order valence-corrected chi connectivity index (χ1v) is 6.41. The van der Waals surface area contributed by atoms with Crippen molar-refractivity contribution in [2.45, 2.75) is 25.3 Å². The molecular weight excluding hydrogens is 260 g/mol. The van der Waals surface area contributed by atoms with E-state index in [0.717, 1.165) is 25.1 Å². The molecule has 0 saturated carbocycles. The highest BCUT2D eigenvalue weighted by atomic mass is 16.6. The van der Waals surface area contributed by atoms with Crippen molar-refractivity contribution in [3.63, 3.8) is 0 Å². The SMILES string of the molecule is C=C(CC1CCCN1c1ccc([N+](=O)[O-])cc1)C(=O)O. The van der Waals surface area contributed by atoms with E-state index in [0.29, 0.717) is 6.42 Å². The van der Waals surface area contributed by atoms with Gasteiger partial charge in [0.05, 0.1) is 4.92 Å². The Morgan fingerprint density at radius 2 is 2.10 bits per heavy atom. The summed E-state index contributed by atoms with van der Waals surface area (Å²) in [6, 6.07) is 6.45. The van der Waals surface area contributed by atoms with E-state index in [2.05, 4.69) is 11.5 Å². The molecule has 2 rings (SSSR count). The summed E-state index contributed by atoms with van der Waals surface area (Å²) in [7, 11) is 0. The average Bonchev–Trinajstić information content (AvgIpc) is 2.86. The van der Waals surface area contributed by atoms with E-state index in [4.69, 9.17) is 5.11 Å². The molecule has 1 fully saturated rings. The van der Waals surface area contributed by atoms with Crippen LogP contribution < -0.4 is 4.90 Å². The fraction of sp³-hybridized carbons (Fsp3) is 0.357. The number of aliphatic carboxylic acids is 1. The second-order valence-corrected chi connectivity index (χ2v) is 4.88. The lowest BCUT2D eigenvalue weighted by Gasteiger charge is -2.26. The second-order valence-electron chi connectivity index (χ2n) is 4.88. The number of nitro groups is 1. The monoisotopic (exact) mass is 276 g/mol. The molecule has 6 nitrogen and oxygen atoms in total. The lowest BCUT2D eigenvalue weighted by atomic mass is 10.1. The van der Waals surface area contributed by atoms with Gasteiger partial charge in [0.1, 0.15) is 0 Å². The molecule has 20 heavy (non-hydrogen) atoms. The van der Waals surface area contributed by atoms with Crippen LogP contribution in [0.25, 0.3) is 0 Å². The van der Waals surface area contributed by atoms with E-state index < -0.39 is 10.9 Å². The van der Waals surface area contributed by atoms with Gasteiger partial charge in [-0.3, -0.25) is 10.1 Å². The molecule has 1 N–H and O–H groups in total. The van der Waals surface area contributed by atoms with E-state index in [-0.39, 0.29) is 17.3 Å². The van der Waals surface area contributed by atoms with Gasteiger partial charge >= 0.3 is 5.97 Å². The first-order valence-electron chi connectivity index (χ1n) is 6.41. The largest absolute Gasteiger partial charge is 0.478 e. The van der Waals surface area contributed by atoms with Gasteiger partial charge in [0, 0.05) is 36.0 Å². The predicted octanol–water partition coefficient (Wildman–Crippen LogP) is 2.59. The van der Waals surface area contributed by atoms with Crippen molar-refractivity contribution < 1.29 is 14.8 Å². The zero-order valence-electron chi connectivity index (χ0n) is 11.0. The lowest BCUT2D eigenvalue weighted by Crippen LogP contribution is -2.30. The fourth-order valence-electron chi connectivity index (χ4n) is 2.53. The third-order valence-electron chi connectivity index (χ3n) is 3.55. The van der Waals surface area contributed by atoms with Crippen molar-refractivity contribution in [2.75, 3.05) is 11.4 Å².